The number of likely N-dealkylation sites (N-methyl/N-ethyl adjacent to an activating group) is 1. The van der Waals surface area contributed by atoms with E-state index in [0.717, 1.165) is 0 Å². The molecule has 0 bridgehead atoms. The quantitative estimate of drug-likeness (QED) is 0.474. The van der Waals surface area contributed by atoms with Crippen molar-refractivity contribution >= 4 is 17.9 Å². The van der Waals surface area contributed by atoms with Crippen molar-refractivity contribution in [1.29, 1.82) is 0 Å². The maximum absolute atomic E-state index is 13.0. The average Bonchev–Trinajstić information content (AvgIpc) is 2.78. The normalized spacial score (nSPS) is 15.7. The topological polar surface area (TPSA) is 106 Å². The van der Waals surface area contributed by atoms with E-state index in [9.17, 15) is 14.4 Å². The highest BCUT2D eigenvalue weighted by Crippen LogP contribution is 2.36. The molecule has 1 atom stereocenters. The molecule has 0 radical (unpaired) electrons. The second-order valence-electron chi connectivity index (χ2n) is 8.46. The van der Waals surface area contributed by atoms with Gasteiger partial charge in [-0.15, -0.1) is 0 Å². The van der Waals surface area contributed by atoms with Crippen molar-refractivity contribution in [3.05, 3.63) is 35.0 Å². The molecular formula is C25H37N3O6. The van der Waals surface area contributed by atoms with Crippen LogP contribution in [0.15, 0.2) is 29.5 Å². The fourth-order valence-electron chi connectivity index (χ4n) is 3.69. The van der Waals surface area contributed by atoms with Crippen molar-refractivity contribution in [3.8, 4) is 11.5 Å². The lowest BCUT2D eigenvalue weighted by Gasteiger charge is -2.31. The van der Waals surface area contributed by atoms with Crippen LogP contribution in [0.5, 0.6) is 11.5 Å². The number of carbonyl (C=O) groups excluding carboxylic acids is 3. The van der Waals surface area contributed by atoms with Gasteiger partial charge < -0.3 is 29.7 Å². The van der Waals surface area contributed by atoms with Gasteiger partial charge in [0, 0.05) is 18.8 Å². The molecule has 1 aromatic carbocycles. The van der Waals surface area contributed by atoms with E-state index in [4.69, 9.17) is 14.2 Å². The minimum Gasteiger partial charge on any atom is -0.490 e. The lowest BCUT2D eigenvalue weighted by atomic mass is 9.91. The van der Waals surface area contributed by atoms with Gasteiger partial charge in [-0.2, -0.15) is 0 Å². The molecule has 2 N–H and O–H groups in total. The molecular weight excluding hydrogens is 438 g/mol. The lowest BCUT2D eigenvalue weighted by molar-refractivity contribution is -0.143. The predicted molar refractivity (Wildman–Crippen MR) is 129 cm³/mol. The summed E-state index contributed by atoms with van der Waals surface area (Å²) in [4.78, 5) is 39.5. The van der Waals surface area contributed by atoms with Gasteiger partial charge in [0.2, 0.25) is 0 Å². The molecule has 1 aliphatic rings. The van der Waals surface area contributed by atoms with Gasteiger partial charge in [0.1, 0.15) is 0 Å². The van der Waals surface area contributed by atoms with Crippen molar-refractivity contribution in [3.63, 3.8) is 0 Å². The van der Waals surface area contributed by atoms with E-state index >= 15 is 0 Å². The molecule has 188 valence electrons. The van der Waals surface area contributed by atoms with E-state index in [1.807, 2.05) is 34.6 Å². The molecule has 3 amide bonds. The van der Waals surface area contributed by atoms with Crippen LogP contribution in [-0.2, 0) is 14.3 Å². The molecule has 1 aliphatic heterocycles. The summed E-state index contributed by atoms with van der Waals surface area (Å²) in [5.41, 5.74) is 1.49. The van der Waals surface area contributed by atoms with E-state index in [-0.39, 0.29) is 24.5 Å². The van der Waals surface area contributed by atoms with E-state index in [1.54, 1.807) is 36.9 Å². The van der Waals surface area contributed by atoms with Crippen LogP contribution in [0.4, 0.5) is 4.79 Å². The number of nitrogens with zero attached hydrogens (tertiary/aromatic N) is 1. The number of carbonyl (C=O) groups is 3. The van der Waals surface area contributed by atoms with Crippen molar-refractivity contribution in [1.82, 2.24) is 15.5 Å². The Morgan fingerprint density at radius 3 is 2.26 bits per heavy atom. The van der Waals surface area contributed by atoms with Crippen LogP contribution in [0.1, 0.15) is 60.1 Å². The van der Waals surface area contributed by atoms with Crippen LogP contribution in [0.3, 0.4) is 0 Å². The fourth-order valence-corrected chi connectivity index (χ4v) is 3.69. The summed E-state index contributed by atoms with van der Waals surface area (Å²) in [7, 11) is 0. The number of nitrogens with one attached hydrogen (secondary N) is 2. The van der Waals surface area contributed by atoms with Gasteiger partial charge in [-0.25, -0.2) is 9.59 Å². The SMILES string of the molecule is CCOc1cc(C2NC(=O)NC(C(C)C)=C2C(=O)OC(C)C)ccc1OCC(=O)N(CC)CC. The molecule has 0 spiro atoms. The maximum atomic E-state index is 13.0. The summed E-state index contributed by atoms with van der Waals surface area (Å²) in [5, 5.41) is 5.58. The Labute approximate surface area is 201 Å². The van der Waals surface area contributed by atoms with Crippen LogP contribution < -0.4 is 20.1 Å². The smallest absolute Gasteiger partial charge is 0.338 e. The van der Waals surface area contributed by atoms with Gasteiger partial charge in [0.25, 0.3) is 5.91 Å². The minimum absolute atomic E-state index is 0.108. The predicted octanol–water partition coefficient (Wildman–Crippen LogP) is 3.55. The molecule has 34 heavy (non-hydrogen) atoms. The first-order valence-electron chi connectivity index (χ1n) is 11.8. The monoisotopic (exact) mass is 475 g/mol. The molecule has 9 heteroatoms. The summed E-state index contributed by atoms with van der Waals surface area (Å²) < 4.78 is 17.0. The Hall–Kier alpha value is -3.23. The van der Waals surface area contributed by atoms with Crippen molar-refractivity contribution in [2.24, 2.45) is 5.92 Å². The van der Waals surface area contributed by atoms with Crippen molar-refractivity contribution in [2.75, 3.05) is 26.3 Å². The molecule has 0 saturated carbocycles. The number of amides is 3. The van der Waals surface area contributed by atoms with Crippen LogP contribution in [0.2, 0.25) is 0 Å². The Bertz CT molecular complexity index is 921. The summed E-state index contributed by atoms with van der Waals surface area (Å²) in [6.45, 7) is 14.5. The number of benzene rings is 1. The second-order valence-corrected chi connectivity index (χ2v) is 8.46. The van der Waals surface area contributed by atoms with E-state index in [0.29, 0.717) is 48.0 Å². The summed E-state index contributed by atoms with van der Waals surface area (Å²) >= 11 is 0. The molecule has 0 fully saturated rings. The number of allylic oxidation sites excluding steroid dienone is 1. The number of hydrogen-bond donors (Lipinski definition) is 2. The third-order valence-corrected chi connectivity index (χ3v) is 5.31. The summed E-state index contributed by atoms with van der Waals surface area (Å²) in [5.74, 6) is 0.0986. The first-order chi connectivity index (χ1) is 16.1. The second kappa shape index (κ2) is 12.3. The van der Waals surface area contributed by atoms with Gasteiger partial charge >= 0.3 is 12.0 Å². The number of hydrogen-bond acceptors (Lipinski definition) is 6. The van der Waals surface area contributed by atoms with Crippen molar-refractivity contribution in [2.45, 2.75) is 60.6 Å². The highest BCUT2D eigenvalue weighted by Gasteiger charge is 2.35. The van der Waals surface area contributed by atoms with Crippen LogP contribution >= 0.6 is 0 Å². The zero-order valence-electron chi connectivity index (χ0n) is 21.2. The molecule has 9 nitrogen and oxygen atoms in total. The maximum Gasteiger partial charge on any atom is 0.338 e. The third kappa shape index (κ3) is 6.65. The molecule has 0 saturated heterocycles. The van der Waals surface area contributed by atoms with E-state index < -0.39 is 18.0 Å². The zero-order chi connectivity index (χ0) is 25.4. The van der Waals surface area contributed by atoms with E-state index in [2.05, 4.69) is 10.6 Å². The molecule has 2 rings (SSSR count). The number of esters is 1. The van der Waals surface area contributed by atoms with Crippen LogP contribution in [0, 0.1) is 5.92 Å². The molecule has 1 unspecified atom stereocenters. The first-order valence-corrected chi connectivity index (χ1v) is 11.8. The molecule has 0 aromatic heterocycles. The Morgan fingerprint density at radius 2 is 1.71 bits per heavy atom. The largest absolute Gasteiger partial charge is 0.490 e. The summed E-state index contributed by atoms with van der Waals surface area (Å²) in [6.07, 6.45) is -0.315. The highest BCUT2D eigenvalue weighted by molar-refractivity contribution is 5.95. The highest BCUT2D eigenvalue weighted by atomic mass is 16.5. The third-order valence-electron chi connectivity index (χ3n) is 5.31. The number of urea groups is 1. The van der Waals surface area contributed by atoms with Crippen LogP contribution in [-0.4, -0.2) is 55.2 Å². The summed E-state index contributed by atoms with van der Waals surface area (Å²) in [6, 6.07) is 4.01. The van der Waals surface area contributed by atoms with Gasteiger partial charge in [-0.05, 0) is 58.2 Å². The van der Waals surface area contributed by atoms with Crippen molar-refractivity contribution < 1.29 is 28.6 Å². The van der Waals surface area contributed by atoms with Gasteiger partial charge in [0.05, 0.1) is 24.3 Å². The number of ether oxygens (including phenoxy) is 3. The van der Waals surface area contributed by atoms with Gasteiger partial charge in [-0.1, -0.05) is 19.9 Å². The van der Waals surface area contributed by atoms with E-state index in [1.165, 1.54) is 0 Å². The minimum atomic E-state index is -0.733. The van der Waals surface area contributed by atoms with Gasteiger partial charge in [0.15, 0.2) is 18.1 Å². The Morgan fingerprint density at radius 1 is 1.03 bits per heavy atom. The lowest BCUT2D eigenvalue weighted by Crippen LogP contribution is -2.47. The molecule has 1 aromatic rings. The standard InChI is InChI=1S/C25H37N3O6/c1-8-28(9-2)20(29)14-33-18-12-11-17(13-19(18)32-10-3)23-21(24(30)34-16(6)7)22(15(4)5)26-25(31)27-23/h11-13,15-16,23H,8-10,14H2,1-7H3,(H2,26,27,31). The van der Waals surface area contributed by atoms with Gasteiger partial charge in [-0.3, -0.25) is 4.79 Å². The molecule has 0 aliphatic carbocycles. The Kier molecular flexibility index (Phi) is 9.77. The number of rotatable bonds is 11. The average molecular weight is 476 g/mol. The molecule has 1 heterocycles. The Balaban J connectivity index is 2.44. The zero-order valence-corrected chi connectivity index (χ0v) is 21.2. The fraction of sp³-hybridized carbons (Fsp3) is 0.560. The first kappa shape index (κ1) is 27.0. The van der Waals surface area contributed by atoms with Crippen LogP contribution in [0.25, 0.3) is 0 Å².